The lowest BCUT2D eigenvalue weighted by molar-refractivity contribution is 0.668. The second kappa shape index (κ2) is 13.0. The van der Waals surface area contributed by atoms with Crippen LogP contribution < -0.4 is 0 Å². The van der Waals surface area contributed by atoms with E-state index in [4.69, 9.17) is 8.83 Å². The minimum absolute atomic E-state index is 0.843. The minimum Gasteiger partial charge on any atom is -0.456 e. The first kappa shape index (κ1) is 34.2. The zero-order valence-electron chi connectivity index (χ0n) is 33.9. The Morgan fingerprint density at radius 1 is 0.254 bits per heavy atom. The predicted octanol–water partition coefficient (Wildman–Crippen LogP) is 15.9. The van der Waals surface area contributed by atoms with Crippen LogP contribution in [0, 0.1) is 0 Å². The Morgan fingerprint density at radius 2 is 0.778 bits per heavy atom. The summed E-state index contributed by atoms with van der Waals surface area (Å²) in [6.07, 6.45) is 0. The SMILES string of the molecule is c1ccc2c(-n3c4ccccc4c4cc(-n5c6cccc(c6)c6cccc(c6)n(-c6ccc7c(c6)oc6ccccc67)c6ccc7oc8ccc5cc8c7c6)ccc43)cccc2c1. The van der Waals surface area contributed by atoms with Gasteiger partial charge in [-0.25, -0.2) is 0 Å². The van der Waals surface area contributed by atoms with Crippen LogP contribution in [-0.2, 0) is 0 Å². The van der Waals surface area contributed by atoms with E-state index < -0.39 is 0 Å². The van der Waals surface area contributed by atoms with Gasteiger partial charge in [-0.05, 0) is 125 Å². The van der Waals surface area contributed by atoms with Crippen LogP contribution in [0.2, 0.25) is 0 Å². The van der Waals surface area contributed by atoms with Gasteiger partial charge >= 0.3 is 0 Å². The lowest BCUT2D eigenvalue weighted by atomic mass is 10.1. The fourth-order valence-electron chi connectivity index (χ4n) is 10.2. The number of furan rings is 2. The summed E-state index contributed by atoms with van der Waals surface area (Å²) in [4.78, 5) is 0. The van der Waals surface area contributed by atoms with Gasteiger partial charge in [-0.2, -0.15) is 0 Å². The molecule has 4 heterocycles. The lowest BCUT2D eigenvalue weighted by Crippen LogP contribution is -1.98. The molecule has 8 bridgehead atoms. The van der Waals surface area contributed by atoms with Gasteiger partial charge in [-0.1, -0.05) is 97.1 Å². The van der Waals surface area contributed by atoms with Gasteiger partial charge in [-0.15, -0.1) is 0 Å². The maximum atomic E-state index is 6.57. The summed E-state index contributed by atoms with van der Waals surface area (Å²) < 4.78 is 20.1. The van der Waals surface area contributed by atoms with Crippen molar-refractivity contribution in [1.29, 1.82) is 0 Å². The molecule has 5 nitrogen and oxygen atoms in total. The van der Waals surface area contributed by atoms with E-state index in [-0.39, 0.29) is 0 Å². The van der Waals surface area contributed by atoms with Crippen molar-refractivity contribution in [2.75, 3.05) is 0 Å². The van der Waals surface area contributed by atoms with E-state index in [9.17, 15) is 0 Å². The van der Waals surface area contributed by atoms with Gasteiger partial charge in [0.2, 0.25) is 0 Å². The molecule has 0 spiro atoms. The van der Waals surface area contributed by atoms with E-state index in [1.54, 1.807) is 0 Å². The van der Waals surface area contributed by atoms with Gasteiger partial charge in [0, 0.05) is 77.2 Å². The predicted molar refractivity (Wildman–Crippen MR) is 262 cm³/mol. The van der Waals surface area contributed by atoms with Crippen molar-refractivity contribution in [3.05, 3.63) is 212 Å². The van der Waals surface area contributed by atoms with Crippen LogP contribution >= 0.6 is 0 Å². The van der Waals surface area contributed by atoms with Gasteiger partial charge in [-0.3, -0.25) is 0 Å². The minimum atomic E-state index is 0.843. The highest BCUT2D eigenvalue weighted by Crippen LogP contribution is 2.38. The van der Waals surface area contributed by atoms with Crippen LogP contribution in [0.3, 0.4) is 0 Å². The van der Waals surface area contributed by atoms with Crippen LogP contribution in [0.4, 0.5) is 0 Å². The normalized spacial score (nSPS) is 12.1. The molecule has 0 radical (unpaired) electrons. The van der Waals surface area contributed by atoms with E-state index in [1.165, 1.54) is 32.7 Å². The van der Waals surface area contributed by atoms with E-state index in [0.29, 0.717) is 0 Å². The summed E-state index contributed by atoms with van der Waals surface area (Å²) in [5.74, 6) is 0. The molecule has 5 heteroatoms. The maximum Gasteiger partial charge on any atom is 0.137 e. The zero-order valence-corrected chi connectivity index (χ0v) is 33.9. The zero-order chi connectivity index (χ0) is 41.2. The standard InChI is InChI=1S/C58H35N3O2/c1-2-16-45-36(10-1)11-9-20-52(45)61-53-19-5-3-17-46(53)49-32-41(23-27-54(49)61)59-39-14-7-12-37(30-39)38-13-8-15-40(31-38)60(44-22-26-48-47-18-4-6-21-55(47)63-58(48)35-44)43-25-29-57-51(34-43)50-33-42(59)24-28-56(50)62-57/h1-35H. The Balaban J connectivity index is 1.07. The number of nitrogens with zero attached hydrogens (tertiary/aromatic N) is 3. The fraction of sp³-hybridized carbons (Fsp3) is 0. The third-order valence-corrected chi connectivity index (χ3v) is 13.0. The highest BCUT2D eigenvalue weighted by Gasteiger charge is 2.17. The molecular weight excluding hydrogens is 771 g/mol. The first-order valence-electron chi connectivity index (χ1n) is 21.4. The summed E-state index contributed by atoms with van der Waals surface area (Å²) >= 11 is 0. The molecule has 10 aromatic carbocycles. The van der Waals surface area contributed by atoms with Crippen molar-refractivity contribution in [2.24, 2.45) is 0 Å². The van der Waals surface area contributed by atoms with Crippen molar-refractivity contribution >= 4 is 109 Å². The van der Waals surface area contributed by atoms with Crippen molar-refractivity contribution in [3.8, 4) is 17.1 Å². The van der Waals surface area contributed by atoms with Crippen molar-refractivity contribution in [1.82, 2.24) is 13.7 Å². The van der Waals surface area contributed by atoms with Gasteiger partial charge in [0.25, 0.3) is 0 Å². The highest BCUT2D eigenvalue weighted by molar-refractivity contribution is 6.12. The number of para-hydroxylation sites is 2. The molecule has 14 rings (SSSR count). The summed E-state index contributed by atoms with van der Waals surface area (Å²) in [6.45, 7) is 0. The number of hydrogen-bond acceptors (Lipinski definition) is 2. The molecule has 0 aliphatic rings. The molecule has 0 unspecified atom stereocenters. The van der Waals surface area contributed by atoms with Crippen molar-refractivity contribution < 1.29 is 8.83 Å². The molecule has 294 valence electrons. The van der Waals surface area contributed by atoms with E-state index in [2.05, 4.69) is 214 Å². The molecule has 0 atom stereocenters. The summed E-state index contributed by atoms with van der Waals surface area (Å²) in [6, 6.07) is 76.6. The third-order valence-electron chi connectivity index (χ3n) is 13.0. The smallest absolute Gasteiger partial charge is 0.137 e. The third kappa shape index (κ3) is 5.11. The first-order valence-corrected chi connectivity index (χ1v) is 21.4. The number of fused-ring (bicyclic) bond motifs is 14. The van der Waals surface area contributed by atoms with Gasteiger partial charge in [0.1, 0.15) is 22.3 Å². The number of hydrogen-bond donors (Lipinski definition) is 0. The monoisotopic (exact) mass is 805 g/mol. The molecule has 0 aliphatic heterocycles. The molecule has 0 aliphatic carbocycles. The lowest BCUT2D eigenvalue weighted by Gasteiger charge is -2.14. The topological polar surface area (TPSA) is 41.1 Å². The Morgan fingerprint density at radius 3 is 1.54 bits per heavy atom. The van der Waals surface area contributed by atoms with Gasteiger partial charge in [0.15, 0.2) is 0 Å². The van der Waals surface area contributed by atoms with Crippen LogP contribution in [0.5, 0.6) is 0 Å². The molecule has 0 saturated heterocycles. The van der Waals surface area contributed by atoms with Crippen molar-refractivity contribution in [3.63, 3.8) is 0 Å². The van der Waals surface area contributed by atoms with Crippen LogP contribution in [0.25, 0.3) is 126 Å². The summed E-state index contributed by atoms with van der Waals surface area (Å²) in [5.41, 5.74) is 13.2. The van der Waals surface area contributed by atoms with E-state index >= 15 is 0 Å². The Labute approximate surface area is 359 Å². The first-order chi connectivity index (χ1) is 31.2. The van der Waals surface area contributed by atoms with Crippen LogP contribution in [0.15, 0.2) is 221 Å². The van der Waals surface area contributed by atoms with Crippen molar-refractivity contribution in [2.45, 2.75) is 0 Å². The molecule has 0 amide bonds. The second-order valence-corrected chi connectivity index (χ2v) is 16.6. The quantitative estimate of drug-likeness (QED) is 0.178. The number of benzene rings is 10. The average Bonchev–Trinajstić information content (AvgIpc) is 4.00. The van der Waals surface area contributed by atoms with Crippen LogP contribution in [-0.4, -0.2) is 13.7 Å². The molecule has 0 N–H and O–H groups in total. The highest BCUT2D eigenvalue weighted by atomic mass is 16.3. The van der Waals surface area contributed by atoms with E-state index in [1.807, 2.05) is 12.1 Å². The van der Waals surface area contributed by atoms with Gasteiger partial charge < -0.3 is 22.5 Å². The Kier molecular flexibility index (Phi) is 7.05. The molecule has 63 heavy (non-hydrogen) atoms. The summed E-state index contributed by atoms with van der Waals surface area (Å²) in [7, 11) is 0. The molecule has 0 fully saturated rings. The second-order valence-electron chi connectivity index (χ2n) is 16.6. The molecule has 4 aromatic heterocycles. The summed E-state index contributed by atoms with van der Waals surface area (Å²) in [5, 5.41) is 11.4. The number of rotatable bonds is 3. The fourth-order valence-corrected chi connectivity index (χ4v) is 10.2. The molecule has 0 saturated carbocycles. The Bertz CT molecular complexity index is 4280. The average molecular weight is 806 g/mol. The molecule has 14 aromatic rings. The van der Waals surface area contributed by atoms with Crippen LogP contribution in [0.1, 0.15) is 0 Å². The van der Waals surface area contributed by atoms with E-state index in [0.717, 1.165) is 93.6 Å². The maximum absolute atomic E-state index is 6.57. The van der Waals surface area contributed by atoms with Gasteiger partial charge in [0.05, 0.1) is 16.7 Å². The Hall–Kier alpha value is -8.54. The largest absolute Gasteiger partial charge is 0.456 e. The number of aromatic nitrogens is 3. The molecular formula is C58H35N3O2.